The lowest BCUT2D eigenvalue weighted by Crippen LogP contribution is -2.01. The van der Waals surface area contributed by atoms with E-state index in [4.69, 9.17) is 0 Å². The maximum Gasteiger partial charge on any atom is 0.280 e. The molecule has 0 spiro atoms. The van der Waals surface area contributed by atoms with E-state index < -0.39 is 4.92 Å². The van der Waals surface area contributed by atoms with Crippen LogP contribution in [0.5, 0.6) is 0 Å². The third kappa shape index (κ3) is 2.40. The lowest BCUT2D eigenvalue weighted by Gasteiger charge is -2.05. The van der Waals surface area contributed by atoms with Gasteiger partial charge in [-0.3, -0.25) is 10.1 Å². The highest BCUT2D eigenvalue weighted by atomic mass is 127. The fourth-order valence-corrected chi connectivity index (χ4v) is 2.02. The van der Waals surface area contributed by atoms with E-state index >= 15 is 0 Å². The smallest absolute Gasteiger partial charge is 0.280 e. The van der Waals surface area contributed by atoms with Crippen molar-refractivity contribution in [3.8, 4) is 11.4 Å². The van der Waals surface area contributed by atoms with Crippen molar-refractivity contribution in [2.24, 2.45) is 0 Å². The van der Waals surface area contributed by atoms with E-state index in [1.165, 1.54) is 6.07 Å². The Hall–Kier alpha value is -1.77. The summed E-state index contributed by atoms with van der Waals surface area (Å²) in [4.78, 5) is 18.9. The number of para-hydroxylation sites is 1. The molecule has 6 nitrogen and oxygen atoms in total. The molecule has 1 heterocycles. The molecule has 0 aliphatic rings. The van der Waals surface area contributed by atoms with Crippen molar-refractivity contribution in [1.29, 1.82) is 0 Å². The number of nitrogens with zero attached hydrogens (tertiary/aromatic N) is 3. The number of anilines is 1. The van der Waals surface area contributed by atoms with E-state index in [0.29, 0.717) is 17.2 Å². The number of hydrogen-bond acceptors (Lipinski definition) is 5. The second kappa shape index (κ2) is 5.25. The Morgan fingerprint density at radius 2 is 2.11 bits per heavy atom. The molecular formula is C11H9IN4O2. The molecule has 0 aliphatic carbocycles. The molecule has 0 saturated carbocycles. The number of aromatic nitrogens is 2. The first-order valence-corrected chi connectivity index (χ1v) is 6.15. The zero-order valence-corrected chi connectivity index (χ0v) is 11.6. The number of nitrogens with one attached hydrogen (secondary N) is 1. The molecule has 18 heavy (non-hydrogen) atoms. The van der Waals surface area contributed by atoms with Crippen LogP contribution in [0, 0.1) is 13.7 Å². The Bertz CT molecular complexity index is 603. The van der Waals surface area contributed by atoms with Gasteiger partial charge in [-0.1, -0.05) is 12.1 Å². The fourth-order valence-electron chi connectivity index (χ4n) is 1.49. The van der Waals surface area contributed by atoms with Crippen molar-refractivity contribution < 1.29 is 4.92 Å². The molecule has 0 unspecified atom stereocenters. The first-order chi connectivity index (χ1) is 8.63. The Morgan fingerprint density at radius 1 is 1.39 bits per heavy atom. The van der Waals surface area contributed by atoms with Crippen molar-refractivity contribution in [2.45, 2.75) is 0 Å². The maximum absolute atomic E-state index is 10.9. The standard InChI is InChI=1S/C11H9IN4O2/c1-13-11-8(12)6-14-10(15-11)7-4-2-3-5-9(7)16(17)18/h2-6H,1H3,(H,13,14,15). The molecule has 2 rings (SSSR count). The van der Waals surface area contributed by atoms with Crippen LogP contribution >= 0.6 is 22.6 Å². The van der Waals surface area contributed by atoms with Crippen LogP contribution in [0.3, 0.4) is 0 Å². The van der Waals surface area contributed by atoms with Gasteiger partial charge in [-0.15, -0.1) is 0 Å². The lowest BCUT2D eigenvalue weighted by atomic mass is 10.1. The molecule has 1 aromatic heterocycles. The van der Waals surface area contributed by atoms with Gasteiger partial charge in [0.25, 0.3) is 5.69 Å². The molecule has 0 amide bonds. The lowest BCUT2D eigenvalue weighted by molar-refractivity contribution is -0.384. The molecule has 0 fully saturated rings. The zero-order valence-electron chi connectivity index (χ0n) is 9.42. The summed E-state index contributed by atoms with van der Waals surface area (Å²) in [6.07, 6.45) is 1.63. The number of halogens is 1. The molecule has 7 heteroatoms. The summed E-state index contributed by atoms with van der Waals surface area (Å²) in [5.74, 6) is 0.991. The minimum absolute atomic E-state index is 0.000705. The molecule has 1 aromatic carbocycles. The first kappa shape index (κ1) is 12.7. The highest BCUT2D eigenvalue weighted by Gasteiger charge is 2.17. The van der Waals surface area contributed by atoms with Crippen molar-refractivity contribution in [3.05, 3.63) is 44.1 Å². The quantitative estimate of drug-likeness (QED) is 0.520. The molecule has 0 bridgehead atoms. The summed E-state index contributed by atoms with van der Waals surface area (Å²) in [5.41, 5.74) is 0.413. The second-order valence-electron chi connectivity index (χ2n) is 3.41. The number of nitro groups is 1. The van der Waals surface area contributed by atoms with Gasteiger partial charge < -0.3 is 5.32 Å². The van der Waals surface area contributed by atoms with Crippen molar-refractivity contribution in [2.75, 3.05) is 12.4 Å². The van der Waals surface area contributed by atoms with E-state index in [1.54, 1.807) is 31.4 Å². The third-order valence-electron chi connectivity index (χ3n) is 2.32. The van der Waals surface area contributed by atoms with Crippen LogP contribution in [-0.4, -0.2) is 21.9 Å². The Morgan fingerprint density at radius 3 is 2.78 bits per heavy atom. The summed E-state index contributed by atoms with van der Waals surface area (Å²) in [6, 6.07) is 6.42. The van der Waals surface area contributed by atoms with Gasteiger partial charge in [0.2, 0.25) is 0 Å². The highest BCUT2D eigenvalue weighted by Crippen LogP contribution is 2.28. The van der Waals surface area contributed by atoms with Gasteiger partial charge in [0, 0.05) is 19.3 Å². The molecule has 2 aromatic rings. The topological polar surface area (TPSA) is 81.0 Å². The molecule has 1 N–H and O–H groups in total. The predicted octanol–water partition coefficient (Wildman–Crippen LogP) is 2.70. The van der Waals surface area contributed by atoms with Gasteiger partial charge in [0.1, 0.15) is 5.82 Å². The van der Waals surface area contributed by atoms with E-state index in [2.05, 4.69) is 37.9 Å². The van der Waals surface area contributed by atoms with Crippen LogP contribution in [0.2, 0.25) is 0 Å². The average molecular weight is 356 g/mol. The van der Waals surface area contributed by atoms with E-state index in [9.17, 15) is 10.1 Å². The summed E-state index contributed by atoms with van der Waals surface area (Å²) >= 11 is 2.10. The maximum atomic E-state index is 10.9. The molecule has 0 aliphatic heterocycles. The minimum atomic E-state index is -0.435. The molecule has 0 atom stereocenters. The number of hydrogen-bond donors (Lipinski definition) is 1. The van der Waals surface area contributed by atoms with E-state index in [-0.39, 0.29) is 5.69 Å². The molecular weight excluding hydrogens is 347 g/mol. The van der Waals surface area contributed by atoms with Crippen molar-refractivity contribution in [1.82, 2.24) is 9.97 Å². The minimum Gasteiger partial charge on any atom is -0.372 e. The van der Waals surface area contributed by atoms with Crippen LogP contribution in [-0.2, 0) is 0 Å². The molecule has 0 radical (unpaired) electrons. The van der Waals surface area contributed by atoms with E-state index in [1.807, 2.05) is 0 Å². The fraction of sp³-hybridized carbons (Fsp3) is 0.0909. The monoisotopic (exact) mass is 356 g/mol. The second-order valence-corrected chi connectivity index (χ2v) is 4.58. The van der Waals surface area contributed by atoms with Crippen LogP contribution < -0.4 is 5.32 Å². The van der Waals surface area contributed by atoms with Gasteiger partial charge in [-0.05, 0) is 28.7 Å². The summed E-state index contributed by atoms with van der Waals surface area (Å²) in [5, 5.41) is 13.9. The van der Waals surface area contributed by atoms with Crippen LogP contribution in [0.1, 0.15) is 0 Å². The number of nitro benzene ring substituents is 1. The normalized spacial score (nSPS) is 10.1. The van der Waals surface area contributed by atoms with Crippen LogP contribution in [0.25, 0.3) is 11.4 Å². The zero-order chi connectivity index (χ0) is 13.1. The van der Waals surface area contributed by atoms with Crippen LogP contribution in [0.15, 0.2) is 30.5 Å². The van der Waals surface area contributed by atoms with Gasteiger partial charge in [0.15, 0.2) is 5.82 Å². The third-order valence-corrected chi connectivity index (χ3v) is 3.11. The van der Waals surface area contributed by atoms with Gasteiger partial charge in [-0.25, -0.2) is 9.97 Å². The first-order valence-electron chi connectivity index (χ1n) is 5.07. The predicted molar refractivity (Wildman–Crippen MR) is 76.4 cm³/mol. The van der Waals surface area contributed by atoms with Gasteiger partial charge >= 0.3 is 0 Å². The van der Waals surface area contributed by atoms with Crippen LogP contribution in [0.4, 0.5) is 11.5 Å². The number of rotatable bonds is 3. The molecule has 0 saturated heterocycles. The average Bonchev–Trinajstić information content (AvgIpc) is 2.39. The van der Waals surface area contributed by atoms with Gasteiger partial charge in [-0.2, -0.15) is 0 Å². The largest absolute Gasteiger partial charge is 0.372 e. The summed E-state index contributed by atoms with van der Waals surface area (Å²) < 4.78 is 0.859. The Labute approximate surface area is 117 Å². The van der Waals surface area contributed by atoms with E-state index in [0.717, 1.165) is 3.57 Å². The molecule has 92 valence electrons. The summed E-state index contributed by atoms with van der Waals surface area (Å²) in [7, 11) is 1.74. The van der Waals surface area contributed by atoms with Gasteiger partial charge in [0.05, 0.1) is 14.1 Å². The SMILES string of the molecule is CNc1nc(-c2ccccc2[N+](=O)[O-])ncc1I. The van der Waals surface area contributed by atoms with Crippen molar-refractivity contribution in [3.63, 3.8) is 0 Å². The number of benzene rings is 1. The Balaban J connectivity index is 2.58. The highest BCUT2D eigenvalue weighted by molar-refractivity contribution is 14.1. The van der Waals surface area contributed by atoms with Crippen molar-refractivity contribution >= 4 is 34.1 Å². The summed E-state index contributed by atoms with van der Waals surface area (Å²) in [6.45, 7) is 0. The Kier molecular flexibility index (Phi) is 3.70.